The Hall–Kier alpha value is -2.38. The Morgan fingerprint density at radius 1 is 1.41 bits per heavy atom. The van der Waals surface area contributed by atoms with Gasteiger partial charge >= 0.3 is 6.09 Å². The minimum Gasteiger partial charge on any atom is -0.466 e. The minimum absolute atomic E-state index is 0.0920. The summed E-state index contributed by atoms with van der Waals surface area (Å²) in [6, 6.07) is 1.06. The average molecular weight is 309 g/mol. The van der Waals surface area contributed by atoms with E-state index in [-0.39, 0.29) is 30.5 Å². The lowest BCUT2D eigenvalue weighted by atomic mass is 9.89. The van der Waals surface area contributed by atoms with Gasteiger partial charge in [0.2, 0.25) is 5.88 Å². The molecule has 2 heterocycles. The molecule has 118 valence electrons. The number of carbonyl (C=O) groups excluding carboxylic acids is 1. The summed E-state index contributed by atoms with van der Waals surface area (Å²) >= 11 is 0. The van der Waals surface area contributed by atoms with Gasteiger partial charge in [-0.3, -0.25) is 4.79 Å². The first kappa shape index (κ1) is 14.6. The molecule has 1 aromatic heterocycles. The number of pyridine rings is 1. The van der Waals surface area contributed by atoms with Crippen LogP contribution in [0, 0.1) is 5.82 Å². The molecule has 1 aliphatic carbocycles. The van der Waals surface area contributed by atoms with Crippen LogP contribution in [0.15, 0.2) is 12.3 Å². The summed E-state index contributed by atoms with van der Waals surface area (Å²) in [5.74, 6) is -0.496. The van der Waals surface area contributed by atoms with Crippen LogP contribution in [0.2, 0.25) is 0 Å². The maximum Gasteiger partial charge on any atom is 0.404 e. The molecular formula is C14H16FN3O4. The van der Waals surface area contributed by atoms with Gasteiger partial charge in [0.25, 0.3) is 5.91 Å². The topological polar surface area (TPSA) is 91.8 Å². The van der Waals surface area contributed by atoms with Crippen molar-refractivity contribution in [3.8, 4) is 5.88 Å². The first-order valence-corrected chi connectivity index (χ1v) is 7.14. The molecule has 22 heavy (non-hydrogen) atoms. The Kier molecular flexibility index (Phi) is 3.82. The van der Waals surface area contributed by atoms with E-state index in [1.54, 1.807) is 4.90 Å². The van der Waals surface area contributed by atoms with Crippen LogP contribution in [0.25, 0.3) is 0 Å². The fourth-order valence-corrected chi connectivity index (χ4v) is 3.09. The predicted octanol–water partition coefficient (Wildman–Crippen LogP) is 1.52. The number of rotatable bonds is 2. The summed E-state index contributed by atoms with van der Waals surface area (Å²) in [5.41, 5.74) is 0.353. The van der Waals surface area contributed by atoms with Gasteiger partial charge in [-0.05, 0) is 25.7 Å². The Morgan fingerprint density at radius 2 is 2.14 bits per heavy atom. The van der Waals surface area contributed by atoms with Crippen molar-refractivity contribution in [2.75, 3.05) is 11.5 Å². The van der Waals surface area contributed by atoms with Crippen LogP contribution < -0.4 is 15.0 Å². The fraction of sp³-hybridized carbons (Fsp3) is 0.500. The van der Waals surface area contributed by atoms with E-state index in [1.165, 1.54) is 6.07 Å². The van der Waals surface area contributed by atoms with Crippen LogP contribution in [0.1, 0.15) is 25.7 Å². The molecule has 2 aliphatic rings. The second kappa shape index (κ2) is 5.78. The number of nitrogens with one attached hydrogen (secondary N) is 1. The first-order chi connectivity index (χ1) is 10.5. The molecule has 1 fully saturated rings. The van der Waals surface area contributed by atoms with Gasteiger partial charge < -0.3 is 20.1 Å². The van der Waals surface area contributed by atoms with E-state index in [2.05, 4.69) is 10.3 Å². The Balaban J connectivity index is 1.77. The van der Waals surface area contributed by atoms with Gasteiger partial charge in [-0.2, -0.15) is 0 Å². The predicted molar refractivity (Wildman–Crippen MR) is 74.4 cm³/mol. The number of carbonyl (C=O) groups is 2. The first-order valence-electron chi connectivity index (χ1n) is 7.14. The molecule has 1 aromatic rings. The van der Waals surface area contributed by atoms with Crippen LogP contribution in [0.4, 0.5) is 14.9 Å². The van der Waals surface area contributed by atoms with Crippen molar-refractivity contribution >= 4 is 17.7 Å². The molecule has 0 spiro atoms. The van der Waals surface area contributed by atoms with Crippen LogP contribution in [0.5, 0.6) is 5.88 Å². The van der Waals surface area contributed by atoms with Crippen LogP contribution in [0.3, 0.4) is 0 Å². The van der Waals surface area contributed by atoms with E-state index < -0.39 is 11.9 Å². The van der Waals surface area contributed by atoms with Gasteiger partial charge in [-0.25, -0.2) is 14.2 Å². The second-order valence-corrected chi connectivity index (χ2v) is 5.49. The highest BCUT2D eigenvalue weighted by Gasteiger charge is 2.35. The van der Waals surface area contributed by atoms with Crippen LogP contribution in [-0.4, -0.2) is 40.8 Å². The zero-order valence-electron chi connectivity index (χ0n) is 11.8. The SMILES string of the molecule is O=C(O)NC1CCC(N2C(=O)COc3ncc(F)cc32)CC1. The van der Waals surface area contributed by atoms with Crippen LogP contribution >= 0.6 is 0 Å². The molecule has 2 amide bonds. The molecule has 1 aliphatic heterocycles. The number of hydrogen-bond donors (Lipinski definition) is 2. The number of aromatic nitrogens is 1. The number of carboxylic acid groups (broad SMARTS) is 1. The number of nitrogens with zero attached hydrogens (tertiary/aromatic N) is 2. The fourth-order valence-electron chi connectivity index (χ4n) is 3.09. The van der Waals surface area contributed by atoms with E-state index in [9.17, 15) is 14.0 Å². The monoisotopic (exact) mass is 309 g/mol. The Morgan fingerprint density at radius 3 is 2.82 bits per heavy atom. The van der Waals surface area contributed by atoms with Crippen molar-refractivity contribution in [1.82, 2.24) is 10.3 Å². The molecule has 0 bridgehead atoms. The number of halogens is 1. The highest BCUT2D eigenvalue weighted by Crippen LogP contribution is 2.35. The van der Waals surface area contributed by atoms with Gasteiger partial charge in [-0.1, -0.05) is 0 Å². The lowest BCUT2D eigenvalue weighted by Gasteiger charge is -2.38. The number of ether oxygens (including phenoxy) is 1. The third-order valence-electron chi connectivity index (χ3n) is 4.05. The van der Waals surface area contributed by atoms with E-state index in [0.29, 0.717) is 31.4 Å². The van der Waals surface area contributed by atoms with E-state index in [4.69, 9.17) is 9.84 Å². The summed E-state index contributed by atoms with van der Waals surface area (Å²) < 4.78 is 18.7. The molecule has 2 N–H and O–H groups in total. The largest absolute Gasteiger partial charge is 0.466 e. The second-order valence-electron chi connectivity index (χ2n) is 5.49. The van der Waals surface area contributed by atoms with Gasteiger partial charge in [-0.15, -0.1) is 0 Å². The van der Waals surface area contributed by atoms with Gasteiger partial charge in [0.05, 0.1) is 6.20 Å². The van der Waals surface area contributed by atoms with Gasteiger partial charge in [0.15, 0.2) is 6.61 Å². The van der Waals surface area contributed by atoms with E-state index in [1.807, 2.05) is 0 Å². The molecule has 8 heteroatoms. The lowest BCUT2D eigenvalue weighted by molar-refractivity contribution is -0.122. The molecule has 0 radical (unpaired) electrons. The molecule has 0 unspecified atom stereocenters. The van der Waals surface area contributed by atoms with Crippen molar-refractivity contribution in [3.63, 3.8) is 0 Å². The van der Waals surface area contributed by atoms with Crippen molar-refractivity contribution in [1.29, 1.82) is 0 Å². The molecule has 7 nitrogen and oxygen atoms in total. The summed E-state index contributed by atoms with van der Waals surface area (Å²) in [6.07, 6.45) is 2.58. The Labute approximate surface area is 126 Å². The van der Waals surface area contributed by atoms with Gasteiger partial charge in [0, 0.05) is 18.2 Å². The number of anilines is 1. The molecule has 3 rings (SSSR count). The zero-order valence-corrected chi connectivity index (χ0v) is 11.8. The smallest absolute Gasteiger partial charge is 0.404 e. The highest BCUT2D eigenvalue weighted by atomic mass is 19.1. The Bertz CT molecular complexity index is 602. The zero-order chi connectivity index (χ0) is 15.7. The molecule has 1 saturated carbocycles. The molecule has 0 atom stereocenters. The maximum atomic E-state index is 13.4. The average Bonchev–Trinajstić information content (AvgIpc) is 2.48. The quantitative estimate of drug-likeness (QED) is 0.864. The van der Waals surface area contributed by atoms with Crippen LogP contribution in [-0.2, 0) is 4.79 Å². The van der Waals surface area contributed by atoms with Crippen molar-refractivity contribution in [3.05, 3.63) is 18.1 Å². The maximum absolute atomic E-state index is 13.4. The van der Waals surface area contributed by atoms with E-state index >= 15 is 0 Å². The summed E-state index contributed by atoms with van der Waals surface area (Å²) in [5, 5.41) is 11.2. The normalized spacial score (nSPS) is 24.4. The molecular weight excluding hydrogens is 293 g/mol. The van der Waals surface area contributed by atoms with Gasteiger partial charge in [0.1, 0.15) is 11.5 Å². The summed E-state index contributed by atoms with van der Waals surface area (Å²) in [7, 11) is 0. The summed E-state index contributed by atoms with van der Waals surface area (Å²) in [4.78, 5) is 28.2. The summed E-state index contributed by atoms with van der Waals surface area (Å²) in [6.45, 7) is -0.112. The number of amides is 2. The van der Waals surface area contributed by atoms with E-state index in [0.717, 1.165) is 6.20 Å². The standard InChI is InChI=1S/C14H16FN3O4/c15-8-5-11-13(16-6-8)22-7-12(19)18(11)10-3-1-9(2-4-10)17-14(20)21/h5-6,9-10,17H,1-4,7H2,(H,20,21). The molecule has 0 saturated heterocycles. The van der Waals surface area contributed by atoms with Crippen molar-refractivity contribution in [2.45, 2.75) is 37.8 Å². The minimum atomic E-state index is -1.04. The highest BCUT2D eigenvalue weighted by molar-refractivity contribution is 5.97. The third-order valence-corrected chi connectivity index (χ3v) is 4.05. The van der Waals surface area contributed by atoms with Crippen molar-refractivity contribution < 1.29 is 23.8 Å². The van der Waals surface area contributed by atoms with Crippen molar-refractivity contribution in [2.24, 2.45) is 0 Å². The molecule has 0 aromatic carbocycles. The number of hydrogen-bond acceptors (Lipinski definition) is 4. The third kappa shape index (κ3) is 2.81. The lowest BCUT2D eigenvalue weighted by Crippen LogP contribution is -2.49. The number of fused-ring (bicyclic) bond motifs is 1.